The Kier molecular flexibility index (Phi) is 5.02. The van der Waals surface area contributed by atoms with Gasteiger partial charge >= 0.3 is 0 Å². The molecular formula is C21H17N3O2S2. The van der Waals surface area contributed by atoms with E-state index in [0.29, 0.717) is 5.69 Å². The van der Waals surface area contributed by atoms with E-state index in [2.05, 4.69) is 29.3 Å². The predicted octanol–water partition coefficient (Wildman–Crippen LogP) is 3.83. The lowest BCUT2D eigenvalue weighted by Gasteiger charge is -2.28. The van der Waals surface area contributed by atoms with E-state index in [0.717, 1.165) is 22.2 Å². The summed E-state index contributed by atoms with van der Waals surface area (Å²) in [6.45, 7) is 2.86. The highest BCUT2D eigenvalue weighted by atomic mass is 32.2. The Morgan fingerprint density at radius 1 is 1.04 bits per heavy atom. The summed E-state index contributed by atoms with van der Waals surface area (Å²) in [6, 6.07) is 17.2. The molecule has 0 saturated carbocycles. The number of fused-ring (bicyclic) bond motifs is 1. The summed E-state index contributed by atoms with van der Waals surface area (Å²) in [4.78, 5) is 30.0. The minimum absolute atomic E-state index is 0.0533. The summed E-state index contributed by atoms with van der Waals surface area (Å²) in [6.07, 6.45) is 3.39. The molecule has 0 radical (unpaired) electrons. The van der Waals surface area contributed by atoms with Gasteiger partial charge in [0.05, 0.1) is 16.4 Å². The lowest BCUT2D eigenvalue weighted by atomic mass is 10.1. The van der Waals surface area contributed by atoms with Crippen LogP contribution in [0.4, 0.5) is 11.4 Å². The smallest absolute Gasteiger partial charge is 0.270 e. The van der Waals surface area contributed by atoms with Crippen LogP contribution in [0, 0.1) is 0 Å². The fourth-order valence-electron chi connectivity index (χ4n) is 3.15. The Morgan fingerprint density at radius 3 is 2.50 bits per heavy atom. The first-order valence-corrected chi connectivity index (χ1v) is 10.0. The molecule has 28 heavy (non-hydrogen) atoms. The van der Waals surface area contributed by atoms with Crippen molar-refractivity contribution in [3.05, 3.63) is 77.4 Å². The van der Waals surface area contributed by atoms with Crippen LogP contribution in [0.5, 0.6) is 0 Å². The number of hydrogen-bond acceptors (Lipinski definition) is 5. The predicted molar refractivity (Wildman–Crippen MR) is 116 cm³/mol. The van der Waals surface area contributed by atoms with E-state index in [-0.39, 0.29) is 10.7 Å². The second-order valence-electron chi connectivity index (χ2n) is 6.13. The van der Waals surface area contributed by atoms with Crippen molar-refractivity contribution < 1.29 is 9.59 Å². The molecule has 5 nitrogen and oxygen atoms in total. The molecule has 2 aliphatic rings. The summed E-state index contributed by atoms with van der Waals surface area (Å²) < 4.78 is 0. The first-order chi connectivity index (χ1) is 13.6. The van der Waals surface area contributed by atoms with E-state index < -0.39 is 11.8 Å². The van der Waals surface area contributed by atoms with Gasteiger partial charge in [0.2, 0.25) is 0 Å². The fraction of sp³-hybridized carbons (Fsp3) is 0.0952. The molecule has 0 aliphatic carbocycles. The molecule has 0 unspecified atom stereocenters. The minimum Gasteiger partial charge on any atom is -0.335 e. The van der Waals surface area contributed by atoms with Gasteiger partial charge < -0.3 is 4.90 Å². The molecule has 2 amide bonds. The monoisotopic (exact) mass is 407 g/mol. The third-order valence-electron chi connectivity index (χ3n) is 4.46. The van der Waals surface area contributed by atoms with Gasteiger partial charge in [-0.05, 0) is 55.6 Å². The topological polar surface area (TPSA) is 52.7 Å². The second-order valence-corrected chi connectivity index (χ2v) is 7.58. The molecule has 1 fully saturated rings. The van der Waals surface area contributed by atoms with E-state index in [1.807, 2.05) is 36.4 Å². The number of carbonyl (C=O) groups excluding carboxylic acids is 2. The first-order valence-electron chi connectivity index (χ1n) is 8.81. The largest absolute Gasteiger partial charge is 0.335 e. The summed E-state index contributed by atoms with van der Waals surface area (Å²) in [5.41, 5.74) is 1.80. The van der Waals surface area contributed by atoms with Gasteiger partial charge in [-0.2, -0.15) is 0 Å². The van der Waals surface area contributed by atoms with Gasteiger partial charge in [-0.3, -0.25) is 19.8 Å². The standard InChI is InChI=1S/C21H17N3O2S2/c1-2-23-16-10-6-7-11-17(16)28-18(23)13-12-15-19(25)22-21(27)24(20(15)26)14-8-4-3-5-9-14/h3-13H,2H2,1H3,(H,22,25,27). The maximum Gasteiger partial charge on any atom is 0.270 e. The van der Waals surface area contributed by atoms with Crippen molar-refractivity contribution in [3.63, 3.8) is 0 Å². The third kappa shape index (κ3) is 3.23. The normalized spacial score (nSPS) is 19.4. The van der Waals surface area contributed by atoms with E-state index in [1.165, 1.54) is 4.90 Å². The lowest BCUT2D eigenvalue weighted by molar-refractivity contribution is -0.122. The third-order valence-corrected chi connectivity index (χ3v) is 5.88. The molecule has 2 heterocycles. The number of anilines is 2. The number of thiocarbonyl (C=S) groups is 1. The number of carbonyl (C=O) groups is 2. The number of para-hydroxylation sites is 2. The summed E-state index contributed by atoms with van der Waals surface area (Å²) >= 11 is 6.83. The van der Waals surface area contributed by atoms with Crippen molar-refractivity contribution in [2.45, 2.75) is 11.8 Å². The van der Waals surface area contributed by atoms with E-state index >= 15 is 0 Å². The van der Waals surface area contributed by atoms with Gasteiger partial charge in [-0.1, -0.05) is 42.1 Å². The molecule has 7 heteroatoms. The van der Waals surface area contributed by atoms with Crippen molar-refractivity contribution in [2.24, 2.45) is 0 Å². The number of allylic oxidation sites excluding steroid dienone is 2. The molecule has 1 saturated heterocycles. The zero-order valence-electron chi connectivity index (χ0n) is 15.1. The van der Waals surface area contributed by atoms with Gasteiger partial charge in [0, 0.05) is 11.4 Å². The molecule has 4 rings (SSSR count). The van der Waals surface area contributed by atoms with E-state index in [9.17, 15) is 9.59 Å². The number of nitrogens with zero attached hydrogens (tertiary/aromatic N) is 2. The van der Waals surface area contributed by atoms with Crippen molar-refractivity contribution in [1.82, 2.24) is 5.32 Å². The first kappa shape index (κ1) is 18.5. The van der Waals surface area contributed by atoms with Crippen LogP contribution in [0.1, 0.15) is 6.92 Å². The Hall–Kier alpha value is -2.90. The average Bonchev–Trinajstić information content (AvgIpc) is 3.05. The van der Waals surface area contributed by atoms with Crippen LogP contribution in [0.3, 0.4) is 0 Å². The number of benzene rings is 2. The van der Waals surface area contributed by atoms with Gasteiger partial charge in [0.1, 0.15) is 5.57 Å². The molecule has 2 aromatic rings. The van der Waals surface area contributed by atoms with Crippen LogP contribution >= 0.6 is 24.0 Å². The number of amides is 2. The Labute approximate surface area is 172 Å². The Bertz CT molecular complexity index is 1030. The zero-order chi connectivity index (χ0) is 19.7. The maximum absolute atomic E-state index is 13.0. The van der Waals surface area contributed by atoms with E-state index in [4.69, 9.17) is 12.2 Å². The van der Waals surface area contributed by atoms with Crippen molar-refractivity contribution in [3.8, 4) is 0 Å². The SMILES string of the molecule is CCN1C(=CC=C2C(=O)NC(=S)N(c3ccccc3)C2=O)Sc2ccccc21. The fourth-order valence-corrected chi connectivity index (χ4v) is 4.56. The maximum atomic E-state index is 13.0. The Balaban J connectivity index is 1.67. The highest BCUT2D eigenvalue weighted by molar-refractivity contribution is 8.03. The van der Waals surface area contributed by atoms with Crippen LogP contribution in [0.2, 0.25) is 0 Å². The van der Waals surface area contributed by atoms with Crippen molar-refractivity contribution in [2.75, 3.05) is 16.3 Å². The second kappa shape index (κ2) is 7.61. The molecule has 0 bridgehead atoms. The van der Waals surface area contributed by atoms with Gasteiger partial charge in [0.25, 0.3) is 11.8 Å². The van der Waals surface area contributed by atoms with Crippen molar-refractivity contribution >= 4 is 52.3 Å². The molecular weight excluding hydrogens is 390 g/mol. The number of nitrogens with one attached hydrogen (secondary N) is 1. The number of rotatable bonds is 3. The number of thioether (sulfide) groups is 1. The quantitative estimate of drug-likeness (QED) is 0.476. The molecule has 2 aliphatic heterocycles. The van der Waals surface area contributed by atoms with Crippen LogP contribution < -0.4 is 15.1 Å². The minimum atomic E-state index is -0.484. The van der Waals surface area contributed by atoms with Crippen LogP contribution in [-0.4, -0.2) is 23.5 Å². The lowest BCUT2D eigenvalue weighted by Crippen LogP contribution is -2.54. The molecule has 0 spiro atoms. The molecule has 1 N–H and O–H groups in total. The van der Waals surface area contributed by atoms with Crippen molar-refractivity contribution in [1.29, 1.82) is 0 Å². The van der Waals surface area contributed by atoms with Gasteiger partial charge in [-0.15, -0.1) is 0 Å². The number of hydrogen-bond donors (Lipinski definition) is 1. The average molecular weight is 408 g/mol. The summed E-state index contributed by atoms with van der Waals surface area (Å²) in [5, 5.41) is 3.66. The Morgan fingerprint density at radius 2 is 1.75 bits per heavy atom. The highest BCUT2D eigenvalue weighted by Crippen LogP contribution is 2.45. The van der Waals surface area contributed by atoms with E-state index in [1.54, 1.807) is 30.0 Å². The summed E-state index contributed by atoms with van der Waals surface area (Å²) in [7, 11) is 0. The zero-order valence-corrected chi connectivity index (χ0v) is 16.7. The molecule has 140 valence electrons. The van der Waals surface area contributed by atoms with Gasteiger partial charge in [0.15, 0.2) is 5.11 Å². The summed E-state index contributed by atoms with van der Waals surface area (Å²) in [5.74, 6) is -0.914. The van der Waals surface area contributed by atoms with Crippen LogP contribution in [0.25, 0.3) is 0 Å². The van der Waals surface area contributed by atoms with Gasteiger partial charge in [-0.25, -0.2) is 0 Å². The highest BCUT2D eigenvalue weighted by Gasteiger charge is 2.34. The van der Waals surface area contributed by atoms with Crippen LogP contribution in [0.15, 0.2) is 82.2 Å². The van der Waals surface area contributed by atoms with Crippen LogP contribution in [-0.2, 0) is 9.59 Å². The molecule has 0 atom stereocenters. The molecule has 2 aromatic carbocycles. The molecule has 0 aromatic heterocycles.